The van der Waals surface area contributed by atoms with E-state index in [-0.39, 0.29) is 6.61 Å². The molecule has 4 nitrogen and oxygen atoms in total. The van der Waals surface area contributed by atoms with Gasteiger partial charge in [0, 0.05) is 0 Å². The third-order valence-corrected chi connectivity index (χ3v) is 4.71. The third kappa shape index (κ3) is 14.4. The first-order valence-corrected chi connectivity index (χ1v) is 10.2. The average molecular weight is 310 g/mol. The highest BCUT2D eigenvalue weighted by atomic mass is 32.7. The molecule has 0 heterocycles. The Balaban J connectivity index is 3.07. The van der Waals surface area contributed by atoms with Gasteiger partial charge in [-0.25, -0.2) is 0 Å². The second-order valence-corrected chi connectivity index (χ2v) is 7.70. The maximum Gasteiger partial charge on any atom is 0.445 e. The van der Waals surface area contributed by atoms with Crippen molar-refractivity contribution in [3.05, 3.63) is 0 Å². The van der Waals surface area contributed by atoms with Crippen molar-refractivity contribution in [2.24, 2.45) is 0 Å². The van der Waals surface area contributed by atoms with E-state index in [0.717, 1.165) is 19.3 Å². The molecule has 0 saturated heterocycles. The Kier molecular flexibility index (Phi) is 14.7. The summed E-state index contributed by atoms with van der Waals surface area (Å²) in [4.78, 5) is 10.2. The van der Waals surface area contributed by atoms with Gasteiger partial charge in [0.25, 0.3) is 0 Å². The summed E-state index contributed by atoms with van der Waals surface area (Å²) in [5, 5.41) is 0. The molecule has 2 atom stereocenters. The van der Waals surface area contributed by atoms with Crippen molar-refractivity contribution < 1.29 is 17.9 Å². The SMILES string of the molecule is CCCCCCCCCCCCCOS(=O)[P+](=O)[O-]. The fourth-order valence-corrected chi connectivity index (χ4v) is 2.77. The lowest BCUT2D eigenvalue weighted by Crippen LogP contribution is -2.00. The molecule has 0 amide bonds. The molecule has 0 aliphatic rings. The van der Waals surface area contributed by atoms with Crippen LogP contribution in [0.4, 0.5) is 0 Å². The zero-order chi connectivity index (χ0) is 14.3. The molecule has 0 spiro atoms. The third-order valence-electron chi connectivity index (χ3n) is 3.05. The summed E-state index contributed by atoms with van der Waals surface area (Å²) in [5.74, 6) is 0. The highest BCUT2D eigenvalue weighted by molar-refractivity contribution is 8.37. The van der Waals surface area contributed by atoms with Gasteiger partial charge in [-0.2, -0.15) is 4.21 Å². The van der Waals surface area contributed by atoms with Crippen molar-refractivity contribution in [3.63, 3.8) is 0 Å². The van der Waals surface area contributed by atoms with Gasteiger partial charge in [-0.1, -0.05) is 75.7 Å². The molecule has 0 aromatic rings. The summed E-state index contributed by atoms with van der Waals surface area (Å²) in [6.07, 6.45) is 13.5. The van der Waals surface area contributed by atoms with Crippen LogP contribution in [0.5, 0.6) is 0 Å². The maximum atomic E-state index is 10.7. The van der Waals surface area contributed by atoms with Gasteiger partial charge in [-0.15, -0.1) is 0 Å². The van der Waals surface area contributed by atoms with Crippen molar-refractivity contribution in [1.82, 2.24) is 0 Å². The molecule has 0 rings (SSSR count). The van der Waals surface area contributed by atoms with E-state index in [4.69, 9.17) is 0 Å². The van der Waals surface area contributed by atoms with Crippen LogP contribution in [-0.2, 0) is 19.4 Å². The normalized spacial score (nSPS) is 13.5. The fraction of sp³-hybridized carbons (Fsp3) is 1.00. The summed E-state index contributed by atoms with van der Waals surface area (Å²) < 4.78 is 25.6. The lowest BCUT2D eigenvalue weighted by atomic mass is 10.1. The Labute approximate surface area is 120 Å². The summed E-state index contributed by atoms with van der Waals surface area (Å²) in [7, 11) is -5.08. The van der Waals surface area contributed by atoms with Crippen LogP contribution in [0.25, 0.3) is 0 Å². The molecule has 19 heavy (non-hydrogen) atoms. The molecule has 0 saturated carbocycles. The van der Waals surface area contributed by atoms with Gasteiger partial charge in [-0.3, -0.25) is 4.18 Å². The van der Waals surface area contributed by atoms with Crippen molar-refractivity contribution >= 4 is 17.9 Å². The summed E-state index contributed by atoms with van der Waals surface area (Å²) >= 11 is 0. The topological polar surface area (TPSA) is 66.4 Å². The molecule has 0 radical (unpaired) electrons. The molecular weight excluding hydrogens is 283 g/mol. The lowest BCUT2D eigenvalue weighted by Gasteiger charge is -2.02. The molecule has 0 fully saturated rings. The van der Waals surface area contributed by atoms with Gasteiger partial charge < -0.3 is 4.89 Å². The van der Waals surface area contributed by atoms with Gasteiger partial charge in [-0.05, 0) is 6.42 Å². The highest BCUT2D eigenvalue weighted by Gasteiger charge is 2.14. The van der Waals surface area contributed by atoms with Gasteiger partial charge in [0.1, 0.15) is 0 Å². The Morgan fingerprint density at radius 3 is 1.74 bits per heavy atom. The van der Waals surface area contributed by atoms with E-state index in [1.807, 2.05) is 0 Å². The first-order chi connectivity index (χ1) is 9.18. The summed E-state index contributed by atoms with van der Waals surface area (Å²) in [5.41, 5.74) is 0. The van der Waals surface area contributed by atoms with Crippen LogP contribution >= 0.6 is 7.23 Å². The van der Waals surface area contributed by atoms with E-state index in [9.17, 15) is 13.7 Å². The molecule has 6 heteroatoms. The summed E-state index contributed by atoms with van der Waals surface area (Å²) in [6, 6.07) is 0. The van der Waals surface area contributed by atoms with Crippen LogP contribution in [0.1, 0.15) is 77.6 Å². The zero-order valence-electron chi connectivity index (χ0n) is 12.0. The second kappa shape index (κ2) is 14.6. The Morgan fingerprint density at radius 2 is 1.32 bits per heavy atom. The Bertz CT molecular complexity index is 249. The van der Waals surface area contributed by atoms with E-state index in [0.29, 0.717) is 0 Å². The lowest BCUT2D eigenvalue weighted by molar-refractivity contribution is -0.158. The molecule has 0 aromatic carbocycles. The second-order valence-electron chi connectivity index (χ2n) is 4.80. The van der Waals surface area contributed by atoms with Gasteiger partial charge in [0.15, 0.2) is 0 Å². The van der Waals surface area contributed by atoms with Crippen LogP contribution in [0, 0.1) is 0 Å². The van der Waals surface area contributed by atoms with E-state index in [2.05, 4.69) is 11.1 Å². The monoisotopic (exact) mass is 310 g/mol. The quantitative estimate of drug-likeness (QED) is 0.359. The highest BCUT2D eigenvalue weighted by Crippen LogP contribution is 2.16. The predicted molar refractivity (Wildman–Crippen MR) is 78.2 cm³/mol. The van der Waals surface area contributed by atoms with Crippen molar-refractivity contribution in [2.45, 2.75) is 77.6 Å². The molecule has 0 aliphatic carbocycles. The minimum atomic E-state index is -2.95. The fourth-order valence-electron chi connectivity index (χ4n) is 1.94. The van der Waals surface area contributed by atoms with Crippen LogP contribution in [-0.4, -0.2) is 10.8 Å². The first kappa shape index (κ1) is 19.2. The average Bonchev–Trinajstić information content (AvgIpc) is 2.39. The van der Waals surface area contributed by atoms with E-state index in [1.165, 1.54) is 51.4 Å². The molecule has 114 valence electrons. The van der Waals surface area contributed by atoms with Crippen LogP contribution < -0.4 is 4.89 Å². The van der Waals surface area contributed by atoms with Crippen molar-refractivity contribution in [1.29, 1.82) is 0 Å². The maximum absolute atomic E-state index is 10.7. The number of unbranched alkanes of at least 4 members (excludes halogenated alkanes) is 10. The minimum absolute atomic E-state index is 0.271. The number of hydrogen-bond acceptors (Lipinski definition) is 4. The zero-order valence-corrected chi connectivity index (χ0v) is 13.7. The van der Waals surface area contributed by atoms with Crippen molar-refractivity contribution in [3.8, 4) is 0 Å². The minimum Gasteiger partial charge on any atom is -0.581 e. The molecule has 0 bridgehead atoms. The molecular formula is C13H27O4PS. The van der Waals surface area contributed by atoms with Crippen LogP contribution in [0.3, 0.4) is 0 Å². The molecule has 0 aliphatic heterocycles. The van der Waals surface area contributed by atoms with E-state index >= 15 is 0 Å². The van der Waals surface area contributed by atoms with Gasteiger partial charge >= 0.3 is 17.9 Å². The van der Waals surface area contributed by atoms with Gasteiger partial charge in [0.2, 0.25) is 0 Å². The smallest absolute Gasteiger partial charge is 0.445 e. The van der Waals surface area contributed by atoms with E-state index in [1.54, 1.807) is 0 Å². The van der Waals surface area contributed by atoms with Crippen LogP contribution in [0.2, 0.25) is 0 Å². The predicted octanol–water partition coefficient (Wildman–Crippen LogP) is 4.00. The largest absolute Gasteiger partial charge is 0.581 e. The van der Waals surface area contributed by atoms with Crippen LogP contribution in [0.15, 0.2) is 0 Å². The standard InChI is InChI=1S/C13H27O4PS/c1-2-3-4-5-6-7-8-9-10-11-12-13-17-19(16)18(14)15/h2-13H2,1H3. The number of rotatable bonds is 14. The molecule has 0 N–H and O–H groups in total. The Hall–Kier alpha value is 0.170. The molecule has 0 aromatic heterocycles. The Morgan fingerprint density at radius 1 is 0.895 bits per heavy atom. The molecule has 2 unspecified atom stereocenters. The van der Waals surface area contributed by atoms with Gasteiger partial charge in [0.05, 0.1) is 6.61 Å². The number of hydrogen-bond donors (Lipinski definition) is 0. The summed E-state index contributed by atoms with van der Waals surface area (Å²) in [6.45, 7) is 2.50. The van der Waals surface area contributed by atoms with Crippen molar-refractivity contribution in [2.75, 3.05) is 6.61 Å². The first-order valence-electron chi connectivity index (χ1n) is 7.38. The van der Waals surface area contributed by atoms with E-state index < -0.39 is 17.9 Å².